The lowest BCUT2D eigenvalue weighted by molar-refractivity contribution is 0.0451. The molecule has 0 saturated heterocycles. The van der Waals surface area contributed by atoms with Crippen LogP contribution in [0.1, 0.15) is 42.5 Å². The van der Waals surface area contributed by atoms with Gasteiger partial charge in [-0.15, -0.1) is 0 Å². The molecule has 2 heteroatoms. The van der Waals surface area contributed by atoms with E-state index in [-0.39, 0.29) is 11.4 Å². The first-order chi connectivity index (χ1) is 10.3. The lowest BCUT2D eigenvalue weighted by Gasteiger charge is -2.34. The van der Waals surface area contributed by atoms with Gasteiger partial charge in [0.2, 0.25) is 0 Å². The second-order valence-corrected chi connectivity index (χ2v) is 6.17. The fourth-order valence-electron chi connectivity index (χ4n) is 3.60. The van der Waals surface area contributed by atoms with E-state index in [2.05, 4.69) is 12.1 Å². The summed E-state index contributed by atoms with van der Waals surface area (Å²) in [7, 11) is 0. The molecule has 1 fully saturated rings. The van der Waals surface area contributed by atoms with Gasteiger partial charge in [-0.25, -0.2) is 0 Å². The van der Waals surface area contributed by atoms with Crippen LogP contribution >= 0.6 is 0 Å². The van der Waals surface area contributed by atoms with E-state index in [0.717, 1.165) is 35.3 Å². The first-order valence-electron chi connectivity index (χ1n) is 7.68. The molecule has 21 heavy (non-hydrogen) atoms. The summed E-state index contributed by atoms with van der Waals surface area (Å²) in [4.78, 5) is 12.4. The van der Waals surface area contributed by atoms with Gasteiger partial charge in [0.05, 0.1) is 12.0 Å². The molecule has 2 aromatic rings. The molecule has 0 atom stereocenters. The van der Waals surface area contributed by atoms with Gasteiger partial charge in [-0.05, 0) is 48.9 Å². The SMILES string of the molecule is O=C1CC2(CCCC2)Oc2cc(-c3ccccc3)ccc21. The molecule has 0 N–H and O–H groups in total. The van der Waals surface area contributed by atoms with E-state index in [1.54, 1.807) is 0 Å². The van der Waals surface area contributed by atoms with Gasteiger partial charge in [0.15, 0.2) is 5.78 Å². The molecule has 1 aliphatic carbocycles. The molecule has 2 aromatic carbocycles. The fraction of sp³-hybridized carbons (Fsp3) is 0.316. The van der Waals surface area contributed by atoms with Crippen molar-refractivity contribution in [1.82, 2.24) is 0 Å². The summed E-state index contributed by atoms with van der Waals surface area (Å²) in [5.74, 6) is 1.01. The Labute approximate surface area is 124 Å². The van der Waals surface area contributed by atoms with Gasteiger partial charge in [-0.3, -0.25) is 4.79 Å². The van der Waals surface area contributed by atoms with Gasteiger partial charge in [-0.2, -0.15) is 0 Å². The fourth-order valence-corrected chi connectivity index (χ4v) is 3.60. The molecule has 2 nitrogen and oxygen atoms in total. The topological polar surface area (TPSA) is 26.3 Å². The van der Waals surface area contributed by atoms with Crippen LogP contribution in [-0.2, 0) is 0 Å². The summed E-state index contributed by atoms with van der Waals surface area (Å²) >= 11 is 0. The molecule has 1 saturated carbocycles. The predicted molar refractivity (Wildman–Crippen MR) is 82.7 cm³/mol. The van der Waals surface area contributed by atoms with Crippen molar-refractivity contribution in [2.24, 2.45) is 0 Å². The highest BCUT2D eigenvalue weighted by Crippen LogP contribution is 2.43. The maximum absolute atomic E-state index is 12.4. The zero-order valence-corrected chi connectivity index (χ0v) is 12.0. The Morgan fingerprint density at radius 3 is 2.43 bits per heavy atom. The third-order valence-electron chi connectivity index (χ3n) is 4.71. The van der Waals surface area contributed by atoms with E-state index in [9.17, 15) is 4.79 Å². The van der Waals surface area contributed by atoms with Gasteiger partial charge in [0, 0.05) is 0 Å². The van der Waals surface area contributed by atoms with Crippen LogP contribution in [0.4, 0.5) is 0 Å². The molecule has 0 amide bonds. The van der Waals surface area contributed by atoms with Crippen molar-refractivity contribution >= 4 is 5.78 Å². The van der Waals surface area contributed by atoms with Crippen LogP contribution in [0.15, 0.2) is 48.5 Å². The lowest BCUT2D eigenvalue weighted by Crippen LogP contribution is -2.39. The van der Waals surface area contributed by atoms with Crippen LogP contribution in [0.25, 0.3) is 11.1 Å². The van der Waals surface area contributed by atoms with Crippen molar-refractivity contribution in [2.45, 2.75) is 37.7 Å². The molecule has 2 aliphatic rings. The normalized spacial score (nSPS) is 19.3. The zero-order valence-electron chi connectivity index (χ0n) is 12.0. The average Bonchev–Trinajstić information content (AvgIpc) is 2.95. The monoisotopic (exact) mass is 278 g/mol. The Morgan fingerprint density at radius 2 is 1.67 bits per heavy atom. The van der Waals surface area contributed by atoms with Crippen molar-refractivity contribution in [1.29, 1.82) is 0 Å². The number of ketones is 1. The number of fused-ring (bicyclic) bond motifs is 1. The quantitative estimate of drug-likeness (QED) is 0.760. The standard InChI is InChI=1S/C19H18O2/c20-17-13-19(10-4-5-11-19)21-18-12-15(8-9-16(17)18)14-6-2-1-3-7-14/h1-3,6-9,12H,4-5,10-11,13H2. The Hall–Kier alpha value is -2.09. The van der Waals surface area contributed by atoms with Gasteiger partial charge in [0.1, 0.15) is 11.4 Å². The number of benzene rings is 2. The molecule has 0 radical (unpaired) electrons. The maximum atomic E-state index is 12.4. The van der Waals surface area contributed by atoms with Gasteiger partial charge >= 0.3 is 0 Å². The number of Topliss-reactive ketones (excluding diaryl/α,β-unsaturated/α-hetero) is 1. The molecule has 0 aromatic heterocycles. The lowest BCUT2D eigenvalue weighted by atomic mass is 9.88. The molecule has 1 spiro atoms. The summed E-state index contributed by atoms with van der Waals surface area (Å²) in [6.07, 6.45) is 4.90. The second-order valence-electron chi connectivity index (χ2n) is 6.17. The van der Waals surface area contributed by atoms with E-state index < -0.39 is 0 Å². The number of rotatable bonds is 1. The van der Waals surface area contributed by atoms with Crippen LogP contribution in [0, 0.1) is 0 Å². The third kappa shape index (κ3) is 2.15. The number of ether oxygens (including phenoxy) is 1. The molecule has 106 valence electrons. The molecule has 0 bridgehead atoms. The van der Waals surface area contributed by atoms with E-state index in [1.165, 1.54) is 12.8 Å². The van der Waals surface area contributed by atoms with E-state index >= 15 is 0 Å². The summed E-state index contributed by atoms with van der Waals surface area (Å²) in [5, 5.41) is 0. The Bertz CT molecular complexity index is 682. The van der Waals surface area contributed by atoms with Gasteiger partial charge in [-0.1, -0.05) is 36.4 Å². The summed E-state index contributed by atoms with van der Waals surface area (Å²) in [6, 6.07) is 16.2. The van der Waals surface area contributed by atoms with Gasteiger partial charge in [0.25, 0.3) is 0 Å². The maximum Gasteiger partial charge on any atom is 0.170 e. The van der Waals surface area contributed by atoms with Crippen molar-refractivity contribution in [3.8, 4) is 16.9 Å². The Morgan fingerprint density at radius 1 is 0.905 bits per heavy atom. The molecular formula is C19H18O2. The highest BCUT2D eigenvalue weighted by atomic mass is 16.5. The van der Waals surface area contributed by atoms with Crippen molar-refractivity contribution < 1.29 is 9.53 Å². The largest absolute Gasteiger partial charge is 0.486 e. The molecular weight excluding hydrogens is 260 g/mol. The third-order valence-corrected chi connectivity index (χ3v) is 4.71. The summed E-state index contributed by atoms with van der Waals surface area (Å²) in [5.41, 5.74) is 2.78. The number of carbonyl (C=O) groups excluding carboxylic acids is 1. The smallest absolute Gasteiger partial charge is 0.170 e. The van der Waals surface area contributed by atoms with E-state index in [0.29, 0.717) is 6.42 Å². The van der Waals surface area contributed by atoms with Crippen LogP contribution in [0.5, 0.6) is 5.75 Å². The second kappa shape index (κ2) is 4.73. The van der Waals surface area contributed by atoms with Crippen molar-refractivity contribution in [3.05, 3.63) is 54.1 Å². The van der Waals surface area contributed by atoms with Crippen LogP contribution in [0.3, 0.4) is 0 Å². The number of hydrogen-bond acceptors (Lipinski definition) is 2. The molecule has 1 aliphatic heterocycles. The van der Waals surface area contributed by atoms with E-state index in [1.807, 2.05) is 36.4 Å². The Balaban J connectivity index is 1.76. The highest BCUT2D eigenvalue weighted by Gasteiger charge is 2.42. The number of hydrogen-bond donors (Lipinski definition) is 0. The summed E-state index contributed by atoms with van der Waals surface area (Å²) in [6.45, 7) is 0. The van der Waals surface area contributed by atoms with Crippen molar-refractivity contribution in [3.63, 3.8) is 0 Å². The highest BCUT2D eigenvalue weighted by molar-refractivity contribution is 6.01. The first kappa shape index (κ1) is 12.6. The minimum atomic E-state index is -0.223. The molecule has 4 rings (SSSR count). The predicted octanol–water partition coefficient (Wildman–Crippen LogP) is 4.63. The number of carbonyl (C=O) groups is 1. The minimum absolute atomic E-state index is 0.223. The van der Waals surface area contributed by atoms with E-state index in [4.69, 9.17) is 4.74 Å². The zero-order chi connectivity index (χ0) is 14.3. The summed E-state index contributed by atoms with van der Waals surface area (Å²) < 4.78 is 6.29. The van der Waals surface area contributed by atoms with Gasteiger partial charge < -0.3 is 4.74 Å². The van der Waals surface area contributed by atoms with Crippen LogP contribution in [-0.4, -0.2) is 11.4 Å². The Kier molecular flexibility index (Phi) is 2.85. The van der Waals surface area contributed by atoms with Crippen LogP contribution in [0.2, 0.25) is 0 Å². The van der Waals surface area contributed by atoms with Crippen LogP contribution < -0.4 is 4.74 Å². The molecule has 0 unspecified atom stereocenters. The minimum Gasteiger partial charge on any atom is -0.486 e. The van der Waals surface area contributed by atoms with Crippen molar-refractivity contribution in [2.75, 3.05) is 0 Å². The molecule has 1 heterocycles. The first-order valence-corrected chi connectivity index (χ1v) is 7.68. The average molecular weight is 278 g/mol.